The molecule has 3 rings (SSSR count). The van der Waals surface area contributed by atoms with Crippen LogP contribution in [-0.2, 0) is 21.1 Å². The van der Waals surface area contributed by atoms with Crippen molar-refractivity contribution in [2.24, 2.45) is 21.1 Å². The molecule has 3 N–H and O–H groups in total. The summed E-state index contributed by atoms with van der Waals surface area (Å²) in [5, 5.41) is 35.2. The molecule has 0 aliphatic carbocycles. The number of nitrogens with zero attached hydrogens (tertiary/aromatic N) is 7. The molecule has 0 spiro atoms. The van der Waals surface area contributed by atoms with Gasteiger partial charge in [0.1, 0.15) is 17.1 Å². The number of rotatable bonds is 8. The summed E-state index contributed by atoms with van der Waals surface area (Å²) in [6.07, 6.45) is 1.37. The minimum Gasteiger partial charge on any atom is -0.350 e. The van der Waals surface area contributed by atoms with Gasteiger partial charge in [0.25, 0.3) is 23.4 Å². The summed E-state index contributed by atoms with van der Waals surface area (Å²) in [7, 11) is 4.51. The van der Waals surface area contributed by atoms with Crippen LogP contribution in [0.3, 0.4) is 0 Å². The summed E-state index contributed by atoms with van der Waals surface area (Å²) in [5.41, 5.74) is 0.0707. The number of anilines is 2. The van der Waals surface area contributed by atoms with Gasteiger partial charge in [0.05, 0.1) is 23.6 Å². The Balaban J connectivity index is 1.70. The highest BCUT2D eigenvalue weighted by atomic mass is 16.6. The number of hydrogen-bond donors (Lipinski definition) is 3. The third-order valence-electron chi connectivity index (χ3n) is 4.66. The molecule has 0 radical (unpaired) electrons. The zero-order chi connectivity index (χ0) is 25.0. The minimum atomic E-state index is -0.641. The summed E-state index contributed by atoms with van der Waals surface area (Å²) in [6, 6.07) is 5.74. The molecule has 3 heterocycles. The molecule has 15 heteroatoms. The number of amides is 3. The van der Waals surface area contributed by atoms with E-state index in [0.29, 0.717) is 0 Å². The highest BCUT2D eigenvalue weighted by Gasteiger charge is 2.21. The van der Waals surface area contributed by atoms with Crippen molar-refractivity contribution in [3.63, 3.8) is 0 Å². The van der Waals surface area contributed by atoms with Crippen molar-refractivity contribution in [2.45, 2.75) is 6.42 Å². The van der Waals surface area contributed by atoms with Crippen molar-refractivity contribution < 1.29 is 19.3 Å². The number of nitrogens with one attached hydrogen (secondary N) is 3. The van der Waals surface area contributed by atoms with Gasteiger partial charge in [0.15, 0.2) is 11.6 Å². The highest BCUT2D eigenvalue weighted by molar-refractivity contribution is 6.06. The quantitative estimate of drug-likeness (QED) is 0.242. The van der Waals surface area contributed by atoms with Crippen LogP contribution in [0.1, 0.15) is 37.9 Å². The third-order valence-corrected chi connectivity index (χ3v) is 4.66. The zero-order valence-corrected chi connectivity index (χ0v) is 18.4. The average molecular weight is 468 g/mol. The van der Waals surface area contributed by atoms with E-state index in [1.807, 2.05) is 6.07 Å². The summed E-state index contributed by atoms with van der Waals surface area (Å²) in [5.74, 6) is -1.52. The van der Waals surface area contributed by atoms with E-state index in [1.165, 1.54) is 53.4 Å². The smallest absolute Gasteiger partial charge is 0.287 e. The SMILES string of the molecule is Cn1cc([N+](=O)[O-])cc1C(=O)Nc1cc(C(=O)Nc2cc(C(=O)NCCC#N)n(C)n2)n(C)n1. The average Bonchev–Trinajstić information content (AvgIpc) is 3.44. The van der Waals surface area contributed by atoms with Crippen LogP contribution < -0.4 is 16.0 Å². The van der Waals surface area contributed by atoms with E-state index >= 15 is 0 Å². The number of aryl methyl sites for hydroxylation is 3. The summed E-state index contributed by atoms with van der Waals surface area (Å²) < 4.78 is 3.82. The van der Waals surface area contributed by atoms with Gasteiger partial charge in [-0.1, -0.05) is 0 Å². The molecule has 0 aromatic carbocycles. The molecule has 3 aromatic heterocycles. The van der Waals surface area contributed by atoms with E-state index in [2.05, 4.69) is 26.1 Å². The Morgan fingerprint density at radius 2 is 1.50 bits per heavy atom. The van der Waals surface area contributed by atoms with Crippen molar-refractivity contribution >= 4 is 35.0 Å². The molecule has 0 atom stereocenters. The van der Waals surface area contributed by atoms with Crippen LogP contribution in [0, 0.1) is 21.4 Å². The topological polar surface area (TPSA) is 195 Å². The lowest BCUT2D eigenvalue weighted by Crippen LogP contribution is -2.26. The van der Waals surface area contributed by atoms with Crippen LogP contribution in [0.25, 0.3) is 0 Å². The Labute approximate surface area is 192 Å². The van der Waals surface area contributed by atoms with Gasteiger partial charge < -0.3 is 20.5 Å². The van der Waals surface area contributed by atoms with Crippen LogP contribution in [0.2, 0.25) is 0 Å². The van der Waals surface area contributed by atoms with Gasteiger partial charge >= 0.3 is 0 Å². The van der Waals surface area contributed by atoms with Crippen molar-refractivity contribution in [1.82, 2.24) is 29.4 Å². The lowest BCUT2D eigenvalue weighted by molar-refractivity contribution is -0.384. The van der Waals surface area contributed by atoms with Gasteiger partial charge in [0, 0.05) is 45.9 Å². The first kappa shape index (κ1) is 23.7. The lowest BCUT2D eigenvalue weighted by Gasteiger charge is -2.01. The van der Waals surface area contributed by atoms with E-state index in [1.54, 1.807) is 0 Å². The third kappa shape index (κ3) is 5.07. The number of carbonyl (C=O) groups excluding carboxylic acids is 3. The molecule has 3 aromatic rings. The van der Waals surface area contributed by atoms with Gasteiger partial charge in [-0.2, -0.15) is 15.5 Å². The van der Waals surface area contributed by atoms with Crippen molar-refractivity contribution in [2.75, 3.05) is 17.2 Å². The van der Waals surface area contributed by atoms with Crippen molar-refractivity contribution in [3.8, 4) is 6.07 Å². The largest absolute Gasteiger partial charge is 0.350 e. The second-order valence-electron chi connectivity index (χ2n) is 7.10. The zero-order valence-electron chi connectivity index (χ0n) is 18.4. The van der Waals surface area contributed by atoms with Gasteiger partial charge in [-0.05, 0) is 0 Å². The van der Waals surface area contributed by atoms with Crippen LogP contribution in [0.15, 0.2) is 24.4 Å². The molecule has 176 valence electrons. The fraction of sp³-hybridized carbons (Fsp3) is 0.263. The maximum atomic E-state index is 12.7. The predicted molar refractivity (Wildman–Crippen MR) is 117 cm³/mol. The Morgan fingerprint density at radius 3 is 2.00 bits per heavy atom. The van der Waals surface area contributed by atoms with Gasteiger partial charge in [-0.3, -0.25) is 33.9 Å². The lowest BCUT2D eigenvalue weighted by atomic mass is 10.3. The fourth-order valence-electron chi connectivity index (χ4n) is 3.04. The first-order chi connectivity index (χ1) is 16.1. The van der Waals surface area contributed by atoms with Gasteiger partial charge in [-0.15, -0.1) is 0 Å². The summed E-state index contributed by atoms with van der Waals surface area (Å²) in [4.78, 5) is 47.6. The Kier molecular flexibility index (Phi) is 6.71. The summed E-state index contributed by atoms with van der Waals surface area (Å²) >= 11 is 0. The van der Waals surface area contributed by atoms with E-state index in [4.69, 9.17) is 5.26 Å². The number of carbonyl (C=O) groups is 3. The van der Waals surface area contributed by atoms with Crippen molar-refractivity contribution in [1.29, 1.82) is 5.26 Å². The summed E-state index contributed by atoms with van der Waals surface area (Å²) in [6.45, 7) is 0.182. The molecule has 0 aliphatic rings. The molecular weight excluding hydrogens is 448 g/mol. The molecule has 0 saturated carbocycles. The van der Waals surface area contributed by atoms with E-state index in [9.17, 15) is 24.5 Å². The maximum Gasteiger partial charge on any atom is 0.287 e. The second-order valence-corrected chi connectivity index (χ2v) is 7.10. The van der Waals surface area contributed by atoms with Crippen LogP contribution in [0.4, 0.5) is 17.3 Å². The molecule has 0 saturated heterocycles. The molecule has 15 nitrogen and oxygen atoms in total. The monoisotopic (exact) mass is 468 g/mol. The van der Waals surface area contributed by atoms with Crippen molar-refractivity contribution in [3.05, 3.63) is 51.6 Å². The van der Waals surface area contributed by atoms with Crippen LogP contribution >= 0.6 is 0 Å². The fourth-order valence-corrected chi connectivity index (χ4v) is 3.04. The maximum absolute atomic E-state index is 12.7. The van der Waals surface area contributed by atoms with Crippen LogP contribution in [0.5, 0.6) is 0 Å². The first-order valence-corrected chi connectivity index (χ1v) is 9.77. The molecule has 34 heavy (non-hydrogen) atoms. The standard InChI is InChI=1S/C19H20N10O5/c1-26-10-11(29(33)34)7-12(26)18(31)22-16-9-14(28(3)25-16)19(32)23-15-8-13(27(2)24-15)17(30)21-6-4-5-20/h7-10H,4,6H2,1-3H3,(H,21,30)(H,22,25,31)(H,23,24,32). The molecule has 0 fully saturated rings. The molecular formula is C19H20N10O5. The van der Waals surface area contributed by atoms with E-state index < -0.39 is 22.6 Å². The first-order valence-electron chi connectivity index (χ1n) is 9.77. The van der Waals surface area contributed by atoms with E-state index in [0.717, 1.165) is 6.07 Å². The predicted octanol–water partition coefficient (Wildman–Crippen LogP) is 0.548. The second kappa shape index (κ2) is 9.65. The molecule has 0 bridgehead atoms. The van der Waals surface area contributed by atoms with Crippen LogP contribution in [-0.4, -0.2) is 53.3 Å². The molecule has 0 unspecified atom stereocenters. The Hall–Kier alpha value is -5.00. The van der Waals surface area contributed by atoms with E-state index in [-0.39, 0.29) is 47.4 Å². The Morgan fingerprint density at radius 1 is 0.971 bits per heavy atom. The normalized spacial score (nSPS) is 10.4. The number of nitro groups is 1. The molecule has 0 aliphatic heterocycles. The minimum absolute atomic E-state index is 0.0393. The van der Waals surface area contributed by atoms with Gasteiger partial charge in [-0.25, -0.2) is 0 Å². The number of nitriles is 1. The Bertz CT molecular complexity index is 1330. The molecule has 3 amide bonds. The number of aromatic nitrogens is 5. The van der Waals surface area contributed by atoms with Gasteiger partial charge in [0.2, 0.25) is 0 Å². The number of hydrogen-bond acceptors (Lipinski definition) is 8. The highest BCUT2D eigenvalue weighted by Crippen LogP contribution is 2.18.